The summed E-state index contributed by atoms with van der Waals surface area (Å²) in [5, 5.41) is 0. The van der Waals surface area contributed by atoms with E-state index < -0.39 is 10.8 Å². The number of rotatable bonds is 4. The lowest BCUT2D eigenvalue weighted by molar-refractivity contribution is 0.627. The average Bonchev–Trinajstić information content (AvgIpc) is 3.42. The summed E-state index contributed by atoms with van der Waals surface area (Å²) in [6.45, 7) is 0. The van der Waals surface area contributed by atoms with Crippen molar-refractivity contribution in [1.82, 2.24) is 0 Å². The van der Waals surface area contributed by atoms with Gasteiger partial charge in [0.25, 0.3) is 0 Å². The molecule has 0 N–H and O–H groups in total. The summed E-state index contributed by atoms with van der Waals surface area (Å²) in [5.41, 5.74) is 14.8. The summed E-state index contributed by atoms with van der Waals surface area (Å²) in [4.78, 5) is 0. The molecule has 9 rings (SSSR count). The first-order chi connectivity index (χ1) is 21.8. The molecule has 0 heteroatoms. The number of fused-ring (bicyclic) bond motifs is 5. The zero-order chi connectivity index (χ0) is 29.1. The van der Waals surface area contributed by atoms with Gasteiger partial charge in [-0.3, -0.25) is 0 Å². The van der Waals surface area contributed by atoms with Crippen LogP contribution in [0.5, 0.6) is 0 Å². The van der Waals surface area contributed by atoms with Crippen molar-refractivity contribution >= 4 is 0 Å². The lowest BCUT2D eigenvalue weighted by Gasteiger charge is -2.49. The zero-order valence-electron chi connectivity index (χ0n) is 24.3. The van der Waals surface area contributed by atoms with Crippen molar-refractivity contribution in [3.05, 3.63) is 226 Å². The monoisotopic (exact) mass is 558 g/mol. The van der Waals surface area contributed by atoms with Gasteiger partial charge >= 0.3 is 0 Å². The van der Waals surface area contributed by atoms with Crippen LogP contribution in [0.4, 0.5) is 0 Å². The van der Waals surface area contributed by atoms with Crippen LogP contribution in [0.15, 0.2) is 182 Å². The van der Waals surface area contributed by atoms with E-state index in [1.165, 1.54) is 66.8 Å². The van der Waals surface area contributed by atoms with E-state index in [2.05, 4.69) is 182 Å². The van der Waals surface area contributed by atoms with Gasteiger partial charge < -0.3 is 0 Å². The molecule has 0 spiro atoms. The number of hydrogen-bond acceptors (Lipinski definition) is 0. The Hall–Kier alpha value is -5.46. The minimum atomic E-state index is -0.520. The molecule has 7 aromatic rings. The van der Waals surface area contributed by atoms with E-state index >= 15 is 0 Å². The zero-order valence-corrected chi connectivity index (χ0v) is 24.3. The minimum Gasteiger partial charge on any atom is -0.0622 e. The molecule has 0 nitrogen and oxygen atoms in total. The van der Waals surface area contributed by atoms with E-state index in [1.54, 1.807) is 0 Å². The molecular weight excluding hydrogens is 528 g/mol. The van der Waals surface area contributed by atoms with Crippen LogP contribution in [0.2, 0.25) is 0 Å². The van der Waals surface area contributed by atoms with Crippen LogP contribution in [0.1, 0.15) is 44.5 Å². The molecule has 206 valence electrons. The van der Waals surface area contributed by atoms with Crippen LogP contribution in [0.25, 0.3) is 22.3 Å². The predicted octanol–water partition coefficient (Wildman–Crippen LogP) is 10.4. The highest BCUT2D eigenvalue weighted by Crippen LogP contribution is 2.65. The van der Waals surface area contributed by atoms with Crippen molar-refractivity contribution < 1.29 is 0 Å². The molecule has 7 aromatic carbocycles. The highest BCUT2D eigenvalue weighted by molar-refractivity contribution is 5.91. The van der Waals surface area contributed by atoms with Gasteiger partial charge in [-0.15, -0.1) is 0 Å². The SMILES string of the molecule is c1ccc(-c2cccc(C3(c4ccccc4)c4ccccc4C4(c5ccccc5)c5ccccc5-c5cccc3c54)c2)cc1. The summed E-state index contributed by atoms with van der Waals surface area (Å²) in [6.07, 6.45) is 0. The van der Waals surface area contributed by atoms with Crippen molar-refractivity contribution in [3.8, 4) is 22.3 Å². The molecular formula is C44H30. The number of hydrogen-bond donors (Lipinski definition) is 0. The molecule has 0 aliphatic heterocycles. The van der Waals surface area contributed by atoms with Crippen molar-refractivity contribution in [2.24, 2.45) is 0 Å². The highest BCUT2D eigenvalue weighted by atomic mass is 14.6. The van der Waals surface area contributed by atoms with Gasteiger partial charge in [-0.25, -0.2) is 0 Å². The molecule has 2 aliphatic carbocycles. The topological polar surface area (TPSA) is 0 Å². The maximum atomic E-state index is 2.43. The fourth-order valence-electron chi connectivity index (χ4n) is 8.42. The summed E-state index contributed by atoms with van der Waals surface area (Å²) in [6, 6.07) is 67.7. The Bertz CT molecular complexity index is 2160. The summed E-state index contributed by atoms with van der Waals surface area (Å²) >= 11 is 0. The second-order valence-electron chi connectivity index (χ2n) is 12.0. The van der Waals surface area contributed by atoms with Gasteiger partial charge in [0.05, 0.1) is 10.8 Å². The fourth-order valence-corrected chi connectivity index (χ4v) is 8.42. The Morgan fingerprint density at radius 1 is 0.273 bits per heavy atom. The lowest BCUT2D eigenvalue weighted by atomic mass is 9.51. The van der Waals surface area contributed by atoms with E-state index in [0.717, 1.165) is 0 Å². The molecule has 0 heterocycles. The van der Waals surface area contributed by atoms with Crippen LogP contribution < -0.4 is 0 Å². The molecule has 0 bridgehead atoms. The van der Waals surface area contributed by atoms with Gasteiger partial charge in [-0.2, -0.15) is 0 Å². The van der Waals surface area contributed by atoms with E-state index in [4.69, 9.17) is 0 Å². The Kier molecular flexibility index (Phi) is 5.43. The molecule has 0 amide bonds. The van der Waals surface area contributed by atoms with Gasteiger partial charge in [-0.05, 0) is 72.8 Å². The van der Waals surface area contributed by atoms with E-state index in [9.17, 15) is 0 Å². The first-order valence-electron chi connectivity index (χ1n) is 15.5. The Labute approximate surface area is 258 Å². The van der Waals surface area contributed by atoms with Crippen LogP contribution in [-0.4, -0.2) is 0 Å². The fraction of sp³-hybridized carbons (Fsp3) is 0.0455. The smallest absolute Gasteiger partial charge is 0.0622 e. The molecule has 44 heavy (non-hydrogen) atoms. The lowest BCUT2D eigenvalue weighted by Crippen LogP contribution is -2.44. The van der Waals surface area contributed by atoms with Gasteiger partial charge in [0.2, 0.25) is 0 Å². The third-order valence-electron chi connectivity index (χ3n) is 10.0. The second-order valence-corrected chi connectivity index (χ2v) is 12.0. The van der Waals surface area contributed by atoms with Gasteiger partial charge in [0, 0.05) is 0 Å². The average molecular weight is 559 g/mol. The van der Waals surface area contributed by atoms with E-state index in [1.807, 2.05) is 0 Å². The molecule has 0 fully saturated rings. The predicted molar refractivity (Wildman–Crippen MR) is 181 cm³/mol. The first kappa shape index (κ1) is 25.1. The van der Waals surface area contributed by atoms with Crippen molar-refractivity contribution in [1.29, 1.82) is 0 Å². The third-order valence-corrected chi connectivity index (χ3v) is 10.0. The summed E-state index contributed by atoms with van der Waals surface area (Å²) < 4.78 is 0. The van der Waals surface area contributed by atoms with Gasteiger partial charge in [-0.1, -0.05) is 176 Å². The maximum Gasteiger partial charge on any atom is 0.0720 e. The van der Waals surface area contributed by atoms with E-state index in [0.29, 0.717) is 0 Å². The quantitative estimate of drug-likeness (QED) is 0.202. The van der Waals surface area contributed by atoms with Crippen molar-refractivity contribution in [2.45, 2.75) is 10.8 Å². The standard InChI is InChI=1S/C44H30/c1-4-16-31(17-5-1)32-18-14-23-35(30-32)43(33-19-6-2-7-20-33)39-27-12-13-28-40(39)44(34-21-8-3-9-22-34)38-26-11-10-24-36(38)37-25-15-29-41(43)42(37)44/h1-30H. The molecule has 0 aromatic heterocycles. The minimum absolute atomic E-state index is 0.421. The van der Waals surface area contributed by atoms with E-state index in [-0.39, 0.29) is 0 Å². The van der Waals surface area contributed by atoms with Crippen LogP contribution in [0, 0.1) is 0 Å². The Balaban J connectivity index is 1.49. The van der Waals surface area contributed by atoms with Gasteiger partial charge in [0.1, 0.15) is 0 Å². The second kappa shape index (κ2) is 9.53. The van der Waals surface area contributed by atoms with Crippen LogP contribution in [0.3, 0.4) is 0 Å². The normalized spacial score (nSPS) is 19.1. The highest BCUT2D eigenvalue weighted by Gasteiger charge is 2.57. The Morgan fingerprint density at radius 2 is 0.727 bits per heavy atom. The molecule has 2 aliphatic rings. The maximum absolute atomic E-state index is 2.43. The first-order valence-corrected chi connectivity index (χ1v) is 15.5. The van der Waals surface area contributed by atoms with Crippen molar-refractivity contribution in [2.75, 3.05) is 0 Å². The molecule has 2 atom stereocenters. The molecule has 0 saturated carbocycles. The largest absolute Gasteiger partial charge is 0.0720 e. The summed E-state index contributed by atoms with van der Waals surface area (Å²) in [7, 11) is 0. The number of benzene rings is 7. The molecule has 0 radical (unpaired) electrons. The Morgan fingerprint density at radius 3 is 1.43 bits per heavy atom. The third kappa shape index (κ3) is 3.18. The van der Waals surface area contributed by atoms with Crippen molar-refractivity contribution in [3.63, 3.8) is 0 Å². The van der Waals surface area contributed by atoms with Crippen LogP contribution in [-0.2, 0) is 10.8 Å². The molecule has 2 unspecified atom stereocenters. The van der Waals surface area contributed by atoms with Gasteiger partial charge in [0.15, 0.2) is 0 Å². The van der Waals surface area contributed by atoms with Crippen LogP contribution >= 0.6 is 0 Å². The molecule has 0 saturated heterocycles. The summed E-state index contributed by atoms with van der Waals surface area (Å²) in [5.74, 6) is 0.